The average molecular weight is 222 g/mol. The first kappa shape index (κ1) is 11.0. The van der Waals surface area contributed by atoms with Gasteiger partial charge >= 0.3 is 0 Å². The average Bonchev–Trinajstić information content (AvgIpc) is 2.39. The van der Waals surface area contributed by atoms with Crippen molar-refractivity contribution in [3.05, 3.63) is 53.3 Å². The van der Waals surface area contributed by atoms with Crippen LogP contribution in [0.3, 0.4) is 0 Å². The Morgan fingerprint density at radius 1 is 1.29 bits per heavy atom. The Morgan fingerprint density at radius 2 is 2.12 bits per heavy atom. The van der Waals surface area contributed by atoms with Crippen LogP contribution < -0.4 is 0 Å². The maximum absolute atomic E-state index is 11.0. The number of nitrogens with zero attached hydrogens (tertiary/aromatic N) is 2. The third kappa shape index (κ3) is 2.21. The zero-order chi connectivity index (χ0) is 12.3. The number of aromatic nitrogens is 1. The molecule has 0 unspecified atom stereocenters. The standard InChI is InChI=1S/C14H10N2O/c1-10-2-3-12(9-17)14(4-10)13-5-11(6-15)7-16-8-13/h2-5,7-9H,1H3. The minimum Gasteiger partial charge on any atom is -0.298 e. The van der Waals surface area contributed by atoms with E-state index in [1.54, 1.807) is 18.3 Å². The maximum Gasteiger partial charge on any atom is 0.150 e. The molecule has 1 aromatic carbocycles. The van der Waals surface area contributed by atoms with E-state index in [1.807, 2.05) is 25.1 Å². The van der Waals surface area contributed by atoms with Crippen LogP contribution in [-0.4, -0.2) is 11.3 Å². The minimum absolute atomic E-state index is 0.487. The number of rotatable bonds is 2. The van der Waals surface area contributed by atoms with Crippen molar-refractivity contribution in [3.8, 4) is 17.2 Å². The highest BCUT2D eigenvalue weighted by Gasteiger charge is 2.06. The number of aryl methyl sites for hydroxylation is 1. The summed E-state index contributed by atoms with van der Waals surface area (Å²) in [6.45, 7) is 1.96. The fourth-order valence-electron chi connectivity index (χ4n) is 1.67. The summed E-state index contributed by atoms with van der Waals surface area (Å²) < 4.78 is 0. The molecule has 0 aliphatic rings. The van der Waals surface area contributed by atoms with E-state index in [0.29, 0.717) is 11.1 Å². The van der Waals surface area contributed by atoms with Gasteiger partial charge in [0, 0.05) is 23.5 Å². The van der Waals surface area contributed by atoms with E-state index in [4.69, 9.17) is 5.26 Å². The Kier molecular flexibility index (Phi) is 2.97. The molecule has 0 atom stereocenters. The van der Waals surface area contributed by atoms with Crippen molar-refractivity contribution in [2.24, 2.45) is 0 Å². The normalized spacial score (nSPS) is 9.65. The topological polar surface area (TPSA) is 53.8 Å². The number of carbonyl (C=O) groups excluding carboxylic acids is 1. The number of pyridine rings is 1. The summed E-state index contributed by atoms with van der Waals surface area (Å²) in [5.41, 5.74) is 3.75. The molecule has 1 aromatic heterocycles. The van der Waals surface area contributed by atoms with Crippen LogP contribution in [0.25, 0.3) is 11.1 Å². The molecule has 2 aromatic rings. The van der Waals surface area contributed by atoms with E-state index >= 15 is 0 Å². The molecular weight excluding hydrogens is 212 g/mol. The molecule has 0 fully saturated rings. The lowest BCUT2D eigenvalue weighted by molar-refractivity contribution is 0.112. The first-order valence-electron chi connectivity index (χ1n) is 5.16. The van der Waals surface area contributed by atoms with Gasteiger partial charge in [0.2, 0.25) is 0 Å². The maximum atomic E-state index is 11.0. The molecule has 0 saturated carbocycles. The van der Waals surface area contributed by atoms with Crippen LogP contribution in [0.5, 0.6) is 0 Å². The number of carbonyl (C=O) groups is 1. The highest BCUT2D eigenvalue weighted by molar-refractivity contribution is 5.87. The van der Waals surface area contributed by atoms with Gasteiger partial charge in [-0.2, -0.15) is 5.26 Å². The third-order valence-corrected chi connectivity index (χ3v) is 2.51. The van der Waals surface area contributed by atoms with Crippen LogP contribution >= 0.6 is 0 Å². The minimum atomic E-state index is 0.487. The second kappa shape index (κ2) is 4.58. The van der Waals surface area contributed by atoms with Crippen molar-refractivity contribution in [2.75, 3.05) is 0 Å². The van der Waals surface area contributed by atoms with Gasteiger partial charge in [0.15, 0.2) is 6.29 Å². The van der Waals surface area contributed by atoms with Crippen molar-refractivity contribution in [2.45, 2.75) is 6.92 Å². The van der Waals surface area contributed by atoms with Gasteiger partial charge in [-0.3, -0.25) is 9.78 Å². The largest absolute Gasteiger partial charge is 0.298 e. The summed E-state index contributed by atoms with van der Waals surface area (Å²) in [6, 6.07) is 9.35. The molecule has 0 spiro atoms. The lowest BCUT2D eigenvalue weighted by atomic mass is 9.99. The molecule has 0 bridgehead atoms. The Hall–Kier alpha value is -2.47. The van der Waals surface area contributed by atoms with Gasteiger partial charge in [-0.1, -0.05) is 23.8 Å². The molecule has 0 aliphatic heterocycles. The van der Waals surface area contributed by atoms with Crippen molar-refractivity contribution < 1.29 is 4.79 Å². The number of aldehydes is 1. The fraction of sp³-hybridized carbons (Fsp3) is 0.0714. The molecule has 0 aliphatic carbocycles. The molecular formula is C14H10N2O. The fourth-order valence-corrected chi connectivity index (χ4v) is 1.67. The quantitative estimate of drug-likeness (QED) is 0.734. The number of hydrogen-bond donors (Lipinski definition) is 0. The van der Waals surface area contributed by atoms with Gasteiger partial charge < -0.3 is 0 Å². The van der Waals surface area contributed by atoms with Crippen LogP contribution in [0, 0.1) is 18.3 Å². The Bertz CT molecular complexity index is 612. The van der Waals surface area contributed by atoms with Crippen molar-refractivity contribution in [3.63, 3.8) is 0 Å². The van der Waals surface area contributed by atoms with Gasteiger partial charge in [-0.15, -0.1) is 0 Å². The predicted molar refractivity (Wildman–Crippen MR) is 64.5 cm³/mol. The van der Waals surface area contributed by atoms with Crippen LogP contribution in [0.1, 0.15) is 21.5 Å². The second-order valence-electron chi connectivity index (χ2n) is 3.78. The van der Waals surface area contributed by atoms with Crippen LogP contribution in [-0.2, 0) is 0 Å². The van der Waals surface area contributed by atoms with E-state index in [9.17, 15) is 4.79 Å². The first-order chi connectivity index (χ1) is 8.24. The van der Waals surface area contributed by atoms with Gasteiger partial charge in [-0.05, 0) is 18.6 Å². The SMILES string of the molecule is Cc1ccc(C=O)c(-c2cncc(C#N)c2)c1. The van der Waals surface area contributed by atoms with Gasteiger partial charge in [-0.25, -0.2) is 0 Å². The van der Waals surface area contributed by atoms with Crippen molar-refractivity contribution >= 4 is 6.29 Å². The summed E-state index contributed by atoms with van der Waals surface area (Å²) in [6.07, 6.45) is 3.97. The molecule has 0 N–H and O–H groups in total. The number of hydrogen-bond acceptors (Lipinski definition) is 3. The highest BCUT2D eigenvalue weighted by Crippen LogP contribution is 2.23. The molecule has 0 radical (unpaired) electrons. The zero-order valence-electron chi connectivity index (χ0n) is 9.34. The lowest BCUT2D eigenvalue weighted by Gasteiger charge is -2.06. The van der Waals surface area contributed by atoms with Crippen molar-refractivity contribution in [1.82, 2.24) is 4.98 Å². The number of benzene rings is 1. The van der Waals surface area contributed by atoms with E-state index in [2.05, 4.69) is 4.98 Å². The number of nitriles is 1. The van der Waals surface area contributed by atoms with E-state index in [0.717, 1.165) is 23.0 Å². The smallest absolute Gasteiger partial charge is 0.150 e. The molecule has 17 heavy (non-hydrogen) atoms. The molecule has 1 heterocycles. The molecule has 0 saturated heterocycles. The van der Waals surface area contributed by atoms with Crippen molar-refractivity contribution in [1.29, 1.82) is 5.26 Å². The second-order valence-corrected chi connectivity index (χ2v) is 3.78. The Morgan fingerprint density at radius 3 is 2.82 bits per heavy atom. The Balaban J connectivity index is 2.63. The molecule has 3 heteroatoms. The summed E-state index contributed by atoms with van der Waals surface area (Å²) in [4.78, 5) is 15.0. The molecule has 82 valence electrons. The van der Waals surface area contributed by atoms with Crippen LogP contribution in [0.4, 0.5) is 0 Å². The summed E-state index contributed by atoms with van der Waals surface area (Å²) >= 11 is 0. The van der Waals surface area contributed by atoms with Gasteiger partial charge in [0.25, 0.3) is 0 Å². The van der Waals surface area contributed by atoms with E-state index < -0.39 is 0 Å². The first-order valence-corrected chi connectivity index (χ1v) is 5.16. The zero-order valence-corrected chi connectivity index (χ0v) is 9.34. The highest BCUT2D eigenvalue weighted by atomic mass is 16.1. The van der Waals surface area contributed by atoms with Crippen LogP contribution in [0.15, 0.2) is 36.7 Å². The molecule has 0 amide bonds. The third-order valence-electron chi connectivity index (χ3n) is 2.51. The van der Waals surface area contributed by atoms with E-state index in [1.165, 1.54) is 6.20 Å². The van der Waals surface area contributed by atoms with Gasteiger partial charge in [0.1, 0.15) is 6.07 Å². The monoisotopic (exact) mass is 222 g/mol. The Labute approximate surface area is 99.4 Å². The summed E-state index contributed by atoms with van der Waals surface area (Å²) in [5.74, 6) is 0. The lowest BCUT2D eigenvalue weighted by Crippen LogP contribution is -1.90. The summed E-state index contributed by atoms with van der Waals surface area (Å²) in [5, 5.41) is 8.83. The molecule has 3 nitrogen and oxygen atoms in total. The van der Waals surface area contributed by atoms with Gasteiger partial charge in [0.05, 0.1) is 5.56 Å². The predicted octanol–water partition coefficient (Wildman–Crippen LogP) is 2.74. The van der Waals surface area contributed by atoms with E-state index in [-0.39, 0.29) is 0 Å². The summed E-state index contributed by atoms with van der Waals surface area (Å²) in [7, 11) is 0. The van der Waals surface area contributed by atoms with Crippen LogP contribution in [0.2, 0.25) is 0 Å². The molecule has 2 rings (SSSR count).